The van der Waals surface area contributed by atoms with E-state index in [4.69, 9.17) is 0 Å². The molecule has 1 aliphatic rings. The van der Waals surface area contributed by atoms with Crippen molar-refractivity contribution in [2.75, 3.05) is 11.5 Å². The Morgan fingerprint density at radius 3 is 2.60 bits per heavy atom. The van der Waals surface area contributed by atoms with Gasteiger partial charge >= 0.3 is 0 Å². The van der Waals surface area contributed by atoms with E-state index in [0.717, 1.165) is 12.8 Å². The molecule has 1 N–H and O–H groups in total. The summed E-state index contributed by atoms with van der Waals surface area (Å²) >= 11 is 0. The van der Waals surface area contributed by atoms with Gasteiger partial charge in [-0.2, -0.15) is 0 Å². The van der Waals surface area contributed by atoms with Gasteiger partial charge in [0.15, 0.2) is 9.84 Å². The monoisotopic (exact) mass is 295 g/mol. The molecule has 0 saturated carbocycles. The molecule has 1 aliphatic heterocycles. The van der Waals surface area contributed by atoms with Crippen molar-refractivity contribution in [1.29, 1.82) is 0 Å². The Balaban J connectivity index is 1.69. The number of nitrogens with one attached hydrogen (secondary N) is 1. The number of aryl methyl sites for hydroxylation is 2. The number of rotatable bonds is 5. The summed E-state index contributed by atoms with van der Waals surface area (Å²) in [5.41, 5.74) is 2.46. The van der Waals surface area contributed by atoms with Gasteiger partial charge in [-0.05, 0) is 31.7 Å². The van der Waals surface area contributed by atoms with Crippen LogP contribution in [0.25, 0.3) is 0 Å². The molecule has 110 valence electrons. The zero-order chi connectivity index (χ0) is 14.6. The standard InChI is InChI=1S/C15H21NO3S/c1-12-5-7-13(8-6-12)3-2-4-15(17)16-14-9-10-20(18,19)11-14/h5-8,14H,2-4,9-11H2,1H3,(H,16,17)/t14-/m0/s1. The van der Waals surface area contributed by atoms with Crippen LogP contribution in [-0.2, 0) is 21.1 Å². The molecular formula is C15H21NO3S. The first-order chi connectivity index (χ1) is 9.44. The van der Waals surface area contributed by atoms with Crippen molar-refractivity contribution in [3.63, 3.8) is 0 Å². The summed E-state index contributed by atoms with van der Waals surface area (Å²) in [4.78, 5) is 11.7. The zero-order valence-electron chi connectivity index (χ0n) is 11.8. The van der Waals surface area contributed by atoms with Crippen LogP contribution >= 0.6 is 0 Å². The van der Waals surface area contributed by atoms with E-state index >= 15 is 0 Å². The van der Waals surface area contributed by atoms with E-state index in [1.54, 1.807) is 0 Å². The lowest BCUT2D eigenvalue weighted by Crippen LogP contribution is -2.35. The molecule has 4 nitrogen and oxygen atoms in total. The Labute approximate surface area is 120 Å². The van der Waals surface area contributed by atoms with E-state index in [0.29, 0.717) is 12.8 Å². The number of carbonyl (C=O) groups excluding carboxylic acids is 1. The summed E-state index contributed by atoms with van der Waals surface area (Å²) in [7, 11) is -2.92. The normalized spacial score (nSPS) is 20.8. The molecule has 0 bridgehead atoms. The van der Waals surface area contributed by atoms with Crippen LogP contribution in [0.1, 0.15) is 30.4 Å². The smallest absolute Gasteiger partial charge is 0.220 e. The van der Waals surface area contributed by atoms with Crippen molar-refractivity contribution in [2.45, 2.75) is 38.6 Å². The van der Waals surface area contributed by atoms with Crippen LogP contribution in [0.5, 0.6) is 0 Å². The summed E-state index contributed by atoms with van der Waals surface area (Å²) in [6.07, 6.45) is 2.65. The highest BCUT2D eigenvalue weighted by atomic mass is 32.2. The van der Waals surface area contributed by atoms with Crippen LogP contribution < -0.4 is 5.32 Å². The fourth-order valence-electron chi connectivity index (χ4n) is 2.42. The maximum atomic E-state index is 11.7. The Morgan fingerprint density at radius 1 is 1.30 bits per heavy atom. The molecule has 0 spiro atoms. The molecule has 5 heteroatoms. The van der Waals surface area contributed by atoms with Gasteiger partial charge in [0.1, 0.15) is 0 Å². The molecule has 1 aromatic rings. The minimum Gasteiger partial charge on any atom is -0.352 e. The van der Waals surface area contributed by atoms with Crippen LogP contribution in [0.4, 0.5) is 0 Å². The first-order valence-electron chi connectivity index (χ1n) is 7.00. The van der Waals surface area contributed by atoms with Gasteiger partial charge in [-0.25, -0.2) is 8.42 Å². The van der Waals surface area contributed by atoms with Crippen LogP contribution in [0.15, 0.2) is 24.3 Å². The highest BCUT2D eigenvalue weighted by molar-refractivity contribution is 7.91. The minimum absolute atomic E-state index is 0.0424. The third-order valence-electron chi connectivity index (χ3n) is 3.59. The molecule has 1 saturated heterocycles. The summed E-state index contributed by atoms with van der Waals surface area (Å²) in [5, 5.41) is 2.81. The fourth-order valence-corrected chi connectivity index (χ4v) is 4.09. The molecule has 0 aliphatic carbocycles. The van der Waals surface area contributed by atoms with Gasteiger partial charge in [0.05, 0.1) is 11.5 Å². The zero-order valence-corrected chi connectivity index (χ0v) is 12.6. The number of amides is 1. The van der Waals surface area contributed by atoms with Crippen molar-refractivity contribution in [2.24, 2.45) is 0 Å². The number of sulfone groups is 1. The largest absolute Gasteiger partial charge is 0.352 e. The molecule has 20 heavy (non-hydrogen) atoms. The number of benzene rings is 1. The average molecular weight is 295 g/mol. The molecule has 2 rings (SSSR count). The Hall–Kier alpha value is -1.36. The Bertz CT molecular complexity index is 563. The van der Waals surface area contributed by atoms with E-state index in [9.17, 15) is 13.2 Å². The lowest BCUT2D eigenvalue weighted by molar-refractivity contribution is -0.121. The van der Waals surface area contributed by atoms with E-state index in [1.165, 1.54) is 11.1 Å². The van der Waals surface area contributed by atoms with Crippen molar-refractivity contribution in [3.05, 3.63) is 35.4 Å². The molecule has 0 aromatic heterocycles. The lowest BCUT2D eigenvalue weighted by Gasteiger charge is -2.10. The second kappa shape index (κ2) is 6.39. The highest BCUT2D eigenvalue weighted by Crippen LogP contribution is 2.12. The number of carbonyl (C=O) groups is 1. The molecule has 1 fully saturated rings. The van der Waals surface area contributed by atoms with Gasteiger partial charge in [0.25, 0.3) is 0 Å². The molecule has 1 heterocycles. The topological polar surface area (TPSA) is 63.2 Å². The van der Waals surface area contributed by atoms with Gasteiger partial charge in [0, 0.05) is 12.5 Å². The first-order valence-corrected chi connectivity index (χ1v) is 8.82. The molecule has 0 radical (unpaired) electrons. The van der Waals surface area contributed by atoms with Gasteiger partial charge < -0.3 is 5.32 Å². The minimum atomic E-state index is -2.92. The Morgan fingerprint density at radius 2 is 2.00 bits per heavy atom. The maximum absolute atomic E-state index is 11.7. The number of hydrogen-bond donors (Lipinski definition) is 1. The summed E-state index contributed by atoms with van der Waals surface area (Å²) in [6.45, 7) is 2.05. The van der Waals surface area contributed by atoms with Crippen molar-refractivity contribution in [1.82, 2.24) is 5.32 Å². The fraction of sp³-hybridized carbons (Fsp3) is 0.533. The van der Waals surface area contributed by atoms with Gasteiger partial charge in [0.2, 0.25) is 5.91 Å². The summed E-state index contributed by atoms with van der Waals surface area (Å²) in [5.74, 6) is 0.247. The van der Waals surface area contributed by atoms with Gasteiger partial charge in [-0.1, -0.05) is 29.8 Å². The predicted molar refractivity (Wildman–Crippen MR) is 79.3 cm³/mol. The van der Waals surface area contributed by atoms with Gasteiger partial charge in [-0.3, -0.25) is 4.79 Å². The van der Waals surface area contributed by atoms with E-state index in [-0.39, 0.29) is 23.5 Å². The molecular weight excluding hydrogens is 274 g/mol. The van der Waals surface area contributed by atoms with Crippen molar-refractivity contribution < 1.29 is 13.2 Å². The van der Waals surface area contributed by atoms with Crippen LogP contribution in [0.2, 0.25) is 0 Å². The van der Waals surface area contributed by atoms with Crippen LogP contribution in [-0.4, -0.2) is 31.9 Å². The molecule has 0 unspecified atom stereocenters. The van der Waals surface area contributed by atoms with Crippen molar-refractivity contribution >= 4 is 15.7 Å². The van der Waals surface area contributed by atoms with E-state index in [2.05, 4.69) is 29.6 Å². The third kappa shape index (κ3) is 4.63. The average Bonchev–Trinajstić information content (AvgIpc) is 2.71. The lowest BCUT2D eigenvalue weighted by atomic mass is 10.1. The van der Waals surface area contributed by atoms with Gasteiger partial charge in [-0.15, -0.1) is 0 Å². The number of hydrogen-bond acceptors (Lipinski definition) is 3. The molecule has 1 atom stereocenters. The van der Waals surface area contributed by atoms with Crippen LogP contribution in [0, 0.1) is 6.92 Å². The summed E-state index contributed by atoms with van der Waals surface area (Å²) in [6, 6.07) is 8.11. The quantitative estimate of drug-likeness (QED) is 0.898. The van der Waals surface area contributed by atoms with Crippen LogP contribution in [0.3, 0.4) is 0 Å². The van der Waals surface area contributed by atoms with E-state index in [1.807, 2.05) is 6.92 Å². The first kappa shape index (κ1) is 15.0. The second-order valence-corrected chi connectivity index (χ2v) is 7.74. The Kier molecular flexibility index (Phi) is 4.81. The van der Waals surface area contributed by atoms with E-state index < -0.39 is 9.84 Å². The molecule has 1 aromatic carbocycles. The molecule has 1 amide bonds. The highest BCUT2D eigenvalue weighted by Gasteiger charge is 2.28. The predicted octanol–water partition coefficient (Wildman–Crippen LogP) is 1.62. The second-order valence-electron chi connectivity index (χ2n) is 5.51. The maximum Gasteiger partial charge on any atom is 0.220 e. The van der Waals surface area contributed by atoms with Crippen molar-refractivity contribution in [3.8, 4) is 0 Å². The SMILES string of the molecule is Cc1ccc(CCCC(=O)N[C@H]2CCS(=O)(=O)C2)cc1. The third-order valence-corrected chi connectivity index (χ3v) is 5.36. The summed E-state index contributed by atoms with van der Waals surface area (Å²) < 4.78 is 22.6.